The molecule has 0 fully saturated rings. The number of aromatic nitrogens is 4. The van der Waals surface area contributed by atoms with Crippen molar-refractivity contribution >= 4 is 11.6 Å². The summed E-state index contributed by atoms with van der Waals surface area (Å²) < 4.78 is 7.23. The fraction of sp³-hybridized carbons (Fsp3) is 0.105. The van der Waals surface area contributed by atoms with Crippen LogP contribution in [0.15, 0.2) is 65.3 Å². The molecule has 5 nitrogen and oxygen atoms in total. The molecule has 0 N–H and O–H groups in total. The van der Waals surface area contributed by atoms with Crippen molar-refractivity contribution in [2.24, 2.45) is 7.05 Å². The third-order valence-corrected chi connectivity index (χ3v) is 4.23. The standard InChI is InChI=1S/C19H15ClN4O/c1-24-17(9-10-21-24)14-3-2-4-15(12-14)19-22-18(25-23-19)11-13-5-7-16(20)8-6-13/h2-10,12H,11H2,1H3. The fourth-order valence-corrected chi connectivity index (χ4v) is 2.82. The van der Waals surface area contributed by atoms with Gasteiger partial charge in [0.1, 0.15) is 0 Å². The second-order valence-electron chi connectivity index (χ2n) is 5.74. The average Bonchev–Trinajstić information content (AvgIpc) is 3.26. The summed E-state index contributed by atoms with van der Waals surface area (Å²) in [6, 6.07) is 17.6. The van der Waals surface area contributed by atoms with Crippen LogP contribution in [0.1, 0.15) is 11.5 Å². The summed E-state index contributed by atoms with van der Waals surface area (Å²) >= 11 is 5.91. The summed E-state index contributed by atoms with van der Waals surface area (Å²) in [5, 5.41) is 9.03. The third kappa shape index (κ3) is 3.32. The van der Waals surface area contributed by atoms with Crippen molar-refractivity contribution in [1.82, 2.24) is 19.9 Å². The molecule has 0 saturated heterocycles. The number of aryl methyl sites for hydroxylation is 1. The van der Waals surface area contributed by atoms with Gasteiger partial charge in [0.25, 0.3) is 0 Å². The second-order valence-corrected chi connectivity index (χ2v) is 6.17. The van der Waals surface area contributed by atoms with Crippen LogP contribution >= 0.6 is 11.6 Å². The predicted octanol–water partition coefficient (Wildman–Crippen LogP) is 4.38. The van der Waals surface area contributed by atoms with Gasteiger partial charge in [0, 0.05) is 29.4 Å². The van der Waals surface area contributed by atoms with E-state index in [0.717, 1.165) is 22.4 Å². The zero-order valence-electron chi connectivity index (χ0n) is 13.6. The number of hydrogen-bond acceptors (Lipinski definition) is 4. The van der Waals surface area contributed by atoms with Gasteiger partial charge < -0.3 is 4.52 Å². The lowest BCUT2D eigenvalue weighted by molar-refractivity contribution is 0.385. The molecule has 124 valence electrons. The summed E-state index contributed by atoms with van der Waals surface area (Å²) in [6.07, 6.45) is 2.35. The summed E-state index contributed by atoms with van der Waals surface area (Å²) in [7, 11) is 1.92. The Morgan fingerprint density at radius 1 is 1.04 bits per heavy atom. The molecule has 2 aromatic carbocycles. The first-order chi connectivity index (χ1) is 12.2. The van der Waals surface area contributed by atoms with Gasteiger partial charge in [0.15, 0.2) is 0 Å². The molecule has 0 aliphatic heterocycles. The molecule has 0 amide bonds. The predicted molar refractivity (Wildman–Crippen MR) is 96.2 cm³/mol. The number of nitrogens with zero attached hydrogens (tertiary/aromatic N) is 4. The molecule has 0 atom stereocenters. The number of halogens is 1. The fourth-order valence-electron chi connectivity index (χ4n) is 2.70. The number of hydrogen-bond donors (Lipinski definition) is 0. The van der Waals surface area contributed by atoms with E-state index in [1.54, 1.807) is 6.20 Å². The molecule has 2 aromatic heterocycles. The highest BCUT2D eigenvalue weighted by molar-refractivity contribution is 6.30. The van der Waals surface area contributed by atoms with Gasteiger partial charge in [-0.05, 0) is 29.8 Å². The Morgan fingerprint density at radius 3 is 2.60 bits per heavy atom. The minimum absolute atomic E-state index is 0.572. The monoisotopic (exact) mass is 350 g/mol. The van der Waals surface area contributed by atoms with Crippen molar-refractivity contribution in [2.45, 2.75) is 6.42 Å². The molecule has 0 aliphatic carbocycles. The van der Waals surface area contributed by atoms with E-state index in [1.165, 1.54) is 0 Å². The molecule has 0 aliphatic rings. The van der Waals surface area contributed by atoms with E-state index in [4.69, 9.17) is 16.1 Å². The van der Waals surface area contributed by atoms with E-state index < -0.39 is 0 Å². The van der Waals surface area contributed by atoms with Crippen LogP contribution in [0, 0.1) is 0 Å². The van der Waals surface area contributed by atoms with Crippen LogP contribution in [0.25, 0.3) is 22.6 Å². The molecule has 0 unspecified atom stereocenters. The maximum atomic E-state index is 5.91. The number of benzene rings is 2. The quantitative estimate of drug-likeness (QED) is 0.548. The topological polar surface area (TPSA) is 56.7 Å². The molecular weight excluding hydrogens is 336 g/mol. The Kier molecular flexibility index (Phi) is 4.07. The van der Waals surface area contributed by atoms with Crippen LogP contribution in [-0.4, -0.2) is 19.9 Å². The van der Waals surface area contributed by atoms with E-state index in [-0.39, 0.29) is 0 Å². The van der Waals surface area contributed by atoms with Crippen LogP contribution in [0.5, 0.6) is 0 Å². The van der Waals surface area contributed by atoms with Gasteiger partial charge in [-0.25, -0.2) is 0 Å². The Balaban J connectivity index is 1.60. The highest BCUT2D eigenvalue weighted by Gasteiger charge is 2.11. The first-order valence-corrected chi connectivity index (χ1v) is 8.23. The van der Waals surface area contributed by atoms with Gasteiger partial charge in [-0.1, -0.05) is 47.1 Å². The highest BCUT2D eigenvalue weighted by atomic mass is 35.5. The van der Waals surface area contributed by atoms with E-state index >= 15 is 0 Å². The molecule has 0 spiro atoms. The van der Waals surface area contributed by atoms with Crippen molar-refractivity contribution in [3.8, 4) is 22.6 Å². The lowest BCUT2D eigenvalue weighted by atomic mass is 10.1. The van der Waals surface area contributed by atoms with Crippen LogP contribution < -0.4 is 0 Å². The SMILES string of the molecule is Cn1nccc1-c1cccc(-c2noc(Cc3ccc(Cl)cc3)n2)c1. The summed E-state index contributed by atoms with van der Waals surface area (Å²) in [5.74, 6) is 1.15. The lowest BCUT2D eigenvalue weighted by Crippen LogP contribution is -1.93. The minimum atomic E-state index is 0.572. The molecule has 2 heterocycles. The molecule has 4 aromatic rings. The van der Waals surface area contributed by atoms with Gasteiger partial charge in [0.05, 0.1) is 12.1 Å². The first-order valence-electron chi connectivity index (χ1n) is 7.85. The van der Waals surface area contributed by atoms with E-state index in [9.17, 15) is 0 Å². The van der Waals surface area contributed by atoms with Gasteiger partial charge in [-0.3, -0.25) is 4.68 Å². The van der Waals surface area contributed by atoms with Crippen molar-refractivity contribution in [3.05, 3.63) is 77.3 Å². The summed E-state index contributed by atoms with van der Waals surface area (Å²) in [6.45, 7) is 0. The smallest absolute Gasteiger partial charge is 0.231 e. The normalized spacial score (nSPS) is 11.0. The zero-order chi connectivity index (χ0) is 17.2. The Labute approximate surface area is 149 Å². The van der Waals surface area contributed by atoms with Crippen molar-refractivity contribution in [2.75, 3.05) is 0 Å². The van der Waals surface area contributed by atoms with Gasteiger partial charge in [-0.2, -0.15) is 10.1 Å². The lowest BCUT2D eigenvalue weighted by Gasteiger charge is -2.03. The Morgan fingerprint density at radius 2 is 1.84 bits per heavy atom. The Hall–Kier alpha value is -2.92. The molecule has 0 radical (unpaired) electrons. The molecule has 0 saturated carbocycles. The van der Waals surface area contributed by atoms with Gasteiger partial charge in [0.2, 0.25) is 11.7 Å². The van der Waals surface area contributed by atoms with Crippen LogP contribution in [0.4, 0.5) is 0 Å². The summed E-state index contributed by atoms with van der Waals surface area (Å²) in [5.41, 5.74) is 4.07. The minimum Gasteiger partial charge on any atom is -0.339 e. The largest absolute Gasteiger partial charge is 0.339 e. The van der Waals surface area contributed by atoms with Gasteiger partial charge in [-0.15, -0.1) is 0 Å². The zero-order valence-corrected chi connectivity index (χ0v) is 14.3. The summed E-state index contributed by atoms with van der Waals surface area (Å²) in [4.78, 5) is 4.51. The van der Waals surface area contributed by atoms with Crippen LogP contribution in [0.2, 0.25) is 5.02 Å². The van der Waals surface area contributed by atoms with E-state index in [0.29, 0.717) is 23.2 Å². The maximum Gasteiger partial charge on any atom is 0.231 e. The molecule has 4 rings (SSSR count). The third-order valence-electron chi connectivity index (χ3n) is 3.97. The first kappa shape index (κ1) is 15.6. The maximum absolute atomic E-state index is 5.91. The molecule has 6 heteroatoms. The van der Waals surface area contributed by atoms with Crippen LogP contribution in [0.3, 0.4) is 0 Å². The Bertz CT molecular complexity index is 1000. The van der Waals surface area contributed by atoms with Crippen molar-refractivity contribution in [1.29, 1.82) is 0 Å². The highest BCUT2D eigenvalue weighted by Crippen LogP contribution is 2.24. The van der Waals surface area contributed by atoms with E-state index in [2.05, 4.69) is 15.2 Å². The molecule has 0 bridgehead atoms. The molecular formula is C19H15ClN4O. The van der Waals surface area contributed by atoms with E-state index in [1.807, 2.05) is 66.3 Å². The second kappa shape index (κ2) is 6.53. The number of rotatable bonds is 4. The average molecular weight is 351 g/mol. The van der Waals surface area contributed by atoms with Gasteiger partial charge >= 0.3 is 0 Å². The molecule has 25 heavy (non-hydrogen) atoms. The van der Waals surface area contributed by atoms with Crippen molar-refractivity contribution < 1.29 is 4.52 Å². The van der Waals surface area contributed by atoms with Crippen molar-refractivity contribution in [3.63, 3.8) is 0 Å². The van der Waals surface area contributed by atoms with Crippen LogP contribution in [-0.2, 0) is 13.5 Å².